The van der Waals surface area contributed by atoms with Crippen LogP contribution in [-0.4, -0.2) is 15.1 Å². The molecule has 14 heavy (non-hydrogen) atoms. The van der Waals surface area contributed by atoms with Crippen LogP contribution < -0.4 is 0 Å². The van der Waals surface area contributed by atoms with Gasteiger partial charge in [0.1, 0.15) is 0 Å². The summed E-state index contributed by atoms with van der Waals surface area (Å²) in [4.78, 5) is 8.03. The molecule has 3 nitrogen and oxygen atoms in total. The Labute approximate surface area is 86.1 Å². The van der Waals surface area contributed by atoms with E-state index in [9.17, 15) is 5.11 Å². The van der Waals surface area contributed by atoms with E-state index < -0.39 is 6.10 Å². The highest BCUT2D eigenvalue weighted by Gasteiger charge is 2.09. The SMILES string of the molecule is OC(Cc1nccs1)c1ccncc1. The second-order valence-corrected chi connectivity index (χ2v) is 3.91. The largest absolute Gasteiger partial charge is 0.388 e. The van der Waals surface area contributed by atoms with Gasteiger partial charge in [-0.25, -0.2) is 4.98 Å². The van der Waals surface area contributed by atoms with Gasteiger partial charge in [-0.3, -0.25) is 4.98 Å². The van der Waals surface area contributed by atoms with Gasteiger partial charge < -0.3 is 5.11 Å². The van der Waals surface area contributed by atoms with E-state index in [1.165, 1.54) is 0 Å². The number of nitrogens with zero attached hydrogens (tertiary/aromatic N) is 2. The molecule has 4 heteroatoms. The molecule has 2 heterocycles. The second kappa shape index (κ2) is 4.30. The van der Waals surface area contributed by atoms with Crippen molar-refractivity contribution in [3.05, 3.63) is 46.7 Å². The van der Waals surface area contributed by atoms with E-state index in [1.54, 1.807) is 29.9 Å². The van der Waals surface area contributed by atoms with Gasteiger partial charge in [-0.1, -0.05) is 0 Å². The fourth-order valence-corrected chi connectivity index (χ4v) is 1.88. The molecule has 0 aromatic carbocycles. The zero-order valence-electron chi connectivity index (χ0n) is 7.50. The quantitative estimate of drug-likeness (QED) is 0.833. The van der Waals surface area contributed by atoms with Crippen molar-refractivity contribution in [1.82, 2.24) is 9.97 Å². The third-order valence-corrected chi connectivity index (χ3v) is 2.74. The number of aromatic nitrogens is 2. The average Bonchev–Trinajstić information content (AvgIpc) is 2.72. The first kappa shape index (κ1) is 9.30. The van der Waals surface area contributed by atoms with Crippen molar-refractivity contribution < 1.29 is 5.11 Å². The zero-order valence-corrected chi connectivity index (χ0v) is 8.31. The number of pyridine rings is 1. The Morgan fingerprint density at radius 1 is 1.29 bits per heavy atom. The lowest BCUT2D eigenvalue weighted by Crippen LogP contribution is -2.01. The highest BCUT2D eigenvalue weighted by atomic mass is 32.1. The van der Waals surface area contributed by atoms with Crippen LogP contribution in [0.1, 0.15) is 16.7 Å². The lowest BCUT2D eigenvalue weighted by Gasteiger charge is -2.07. The lowest BCUT2D eigenvalue weighted by atomic mass is 10.1. The summed E-state index contributed by atoms with van der Waals surface area (Å²) in [5.74, 6) is 0. The highest BCUT2D eigenvalue weighted by Crippen LogP contribution is 2.18. The Hall–Kier alpha value is -1.26. The molecule has 0 saturated carbocycles. The summed E-state index contributed by atoms with van der Waals surface area (Å²) in [6, 6.07) is 3.64. The van der Waals surface area contributed by atoms with Gasteiger partial charge in [-0.2, -0.15) is 0 Å². The summed E-state index contributed by atoms with van der Waals surface area (Å²) in [6.45, 7) is 0. The van der Waals surface area contributed by atoms with Gasteiger partial charge in [0.25, 0.3) is 0 Å². The molecule has 0 aliphatic carbocycles. The molecule has 0 amide bonds. The first-order chi connectivity index (χ1) is 6.86. The van der Waals surface area contributed by atoms with Gasteiger partial charge in [0.05, 0.1) is 11.1 Å². The van der Waals surface area contributed by atoms with Crippen LogP contribution in [0.3, 0.4) is 0 Å². The van der Waals surface area contributed by atoms with Crippen molar-refractivity contribution in [2.75, 3.05) is 0 Å². The predicted octanol–water partition coefficient (Wildman–Crippen LogP) is 1.81. The van der Waals surface area contributed by atoms with Crippen LogP contribution in [0.2, 0.25) is 0 Å². The molecule has 2 aromatic rings. The lowest BCUT2D eigenvalue weighted by molar-refractivity contribution is 0.178. The van der Waals surface area contributed by atoms with Crippen LogP contribution in [0, 0.1) is 0 Å². The van der Waals surface area contributed by atoms with Gasteiger partial charge in [0.15, 0.2) is 0 Å². The van der Waals surface area contributed by atoms with E-state index in [2.05, 4.69) is 9.97 Å². The van der Waals surface area contributed by atoms with Crippen LogP contribution in [0.4, 0.5) is 0 Å². The summed E-state index contributed by atoms with van der Waals surface area (Å²) in [7, 11) is 0. The molecule has 0 fully saturated rings. The Balaban J connectivity index is 2.07. The maximum Gasteiger partial charge on any atom is 0.0954 e. The van der Waals surface area contributed by atoms with Crippen LogP contribution in [0.5, 0.6) is 0 Å². The molecule has 0 radical (unpaired) electrons. The van der Waals surface area contributed by atoms with Crippen LogP contribution in [-0.2, 0) is 6.42 Å². The number of hydrogen-bond acceptors (Lipinski definition) is 4. The smallest absolute Gasteiger partial charge is 0.0954 e. The van der Waals surface area contributed by atoms with Crippen molar-refractivity contribution in [3.8, 4) is 0 Å². The van der Waals surface area contributed by atoms with Crippen molar-refractivity contribution in [2.45, 2.75) is 12.5 Å². The van der Waals surface area contributed by atoms with Gasteiger partial charge >= 0.3 is 0 Å². The molecule has 1 unspecified atom stereocenters. The topological polar surface area (TPSA) is 46.0 Å². The van der Waals surface area contributed by atoms with E-state index in [-0.39, 0.29) is 0 Å². The Morgan fingerprint density at radius 3 is 2.71 bits per heavy atom. The minimum atomic E-state index is -0.482. The molecule has 0 saturated heterocycles. The molecule has 2 aromatic heterocycles. The van der Waals surface area contributed by atoms with Crippen molar-refractivity contribution >= 4 is 11.3 Å². The summed E-state index contributed by atoms with van der Waals surface area (Å²) >= 11 is 1.56. The molecule has 0 aliphatic heterocycles. The van der Waals surface area contributed by atoms with Gasteiger partial charge in [0.2, 0.25) is 0 Å². The van der Waals surface area contributed by atoms with E-state index in [0.717, 1.165) is 10.6 Å². The van der Waals surface area contributed by atoms with E-state index in [1.807, 2.05) is 17.5 Å². The van der Waals surface area contributed by atoms with Crippen LogP contribution in [0.25, 0.3) is 0 Å². The molecule has 2 rings (SSSR count). The minimum Gasteiger partial charge on any atom is -0.388 e. The van der Waals surface area contributed by atoms with Gasteiger partial charge in [-0.05, 0) is 17.7 Å². The number of hydrogen-bond donors (Lipinski definition) is 1. The first-order valence-corrected chi connectivity index (χ1v) is 5.20. The molecule has 0 bridgehead atoms. The normalized spacial score (nSPS) is 12.6. The summed E-state index contributed by atoms with van der Waals surface area (Å²) in [5.41, 5.74) is 0.884. The second-order valence-electron chi connectivity index (χ2n) is 2.93. The van der Waals surface area contributed by atoms with Gasteiger partial charge in [0, 0.05) is 30.4 Å². The molecular weight excluding hydrogens is 196 g/mol. The van der Waals surface area contributed by atoms with Crippen LogP contribution >= 0.6 is 11.3 Å². The Kier molecular flexibility index (Phi) is 2.86. The highest BCUT2D eigenvalue weighted by molar-refractivity contribution is 7.09. The fraction of sp³-hybridized carbons (Fsp3) is 0.200. The average molecular weight is 206 g/mol. The minimum absolute atomic E-state index is 0.482. The van der Waals surface area contributed by atoms with E-state index in [4.69, 9.17) is 0 Å². The van der Waals surface area contributed by atoms with Crippen LogP contribution in [0.15, 0.2) is 36.1 Å². The Bertz CT molecular complexity index is 374. The number of aliphatic hydroxyl groups excluding tert-OH is 1. The molecule has 1 atom stereocenters. The monoisotopic (exact) mass is 206 g/mol. The molecule has 1 N–H and O–H groups in total. The summed E-state index contributed by atoms with van der Waals surface area (Å²) < 4.78 is 0. The summed E-state index contributed by atoms with van der Waals surface area (Å²) in [6.07, 6.45) is 5.20. The molecule has 0 spiro atoms. The molecule has 72 valence electrons. The first-order valence-electron chi connectivity index (χ1n) is 4.32. The number of rotatable bonds is 3. The van der Waals surface area contributed by atoms with Crippen molar-refractivity contribution in [2.24, 2.45) is 0 Å². The third kappa shape index (κ3) is 2.16. The van der Waals surface area contributed by atoms with Crippen molar-refractivity contribution in [3.63, 3.8) is 0 Å². The third-order valence-electron chi connectivity index (χ3n) is 1.94. The van der Waals surface area contributed by atoms with E-state index >= 15 is 0 Å². The number of thiazole rings is 1. The molecule has 0 aliphatic rings. The fourth-order valence-electron chi connectivity index (χ4n) is 1.22. The maximum absolute atomic E-state index is 9.83. The standard InChI is InChI=1S/C10H10N2OS/c13-9(7-10-12-5-6-14-10)8-1-3-11-4-2-8/h1-6,9,13H,7H2. The maximum atomic E-state index is 9.83. The van der Waals surface area contributed by atoms with Crippen molar-refractivity contribution in [1.29, 1.82) is 0 Å². The Morgan fingerprint density at radius 2 is 2.07 bits per heavy atom. The zero-order chi connectivity index (χ0) is 9.80. The van der Waals surface area contributed by atoms with E-state index in [0.29, 0.717) is 6.42 Å². The van der Waals surface area contributed by atoms with Gasteiger partial charge in [-0.15, -0.1) is 11.3 Å². The summed E-state index contributed by atoms with van der Waals surface area (Å²) in [5, 5.41) is 12.7. The predicted molar refractivity (Wildman–Crippen MR) is 55.0 cm³/mol. The molecular formula is C10H10N2OS. The number of aliphatic hydroxyl groups is 1.